The first-order chi connectivity index (χ1) is 11.7. The molecule has 0 saturated carbocycles. The monoisotopic (exact) mass is 354 g/mol. The van der Waals surface area contributed by atoms with E-state index in [9.17, 15) is 18.0 Å². The summed E-state index contributed by atoms with van der Waals surface area (Å²) in [7, 11) is 1.71. The molecule has 136 valence electrons. The Bertz CT molecular complexity index is 735. The van der Waals surface area contributed by atoms with Crippen molar-refractivity contribution in [2.75, 3.05) is 13.6 Å². The highest BCUT2D eigenvalue weighted by Crippen LogP contribution is 2.29. The van der Waals surface area contributed by atoms with Gasteiger partial charge in [0, 0.05) is 19.8 Å². The van der Waals surface area contributed by atoms with Crippen molar-refractivity contribution >= 4 is 5.91 Å². The highest BCUT2D eigenvalue weighted by molar-refractivity contribution is 5.95. The van der Waals surface area contributed by atoms with Crippen LogP contribution in [0.2, 0.25) is 0 Å². The maximum atomic E-state index is 12.7. The van der Waals surface area contributed by atoms with Crippen LogP contribution in [0.25, 0.3) is 5.82 Å². The van der Waals surface area contributed by atoms with Crippen LogP contribution in [-0.4, -0.2) is 39.2 Å². The van der Waals surface area contributed by atoms with Crippen molar-refractivity contribution in [1.82, 2.24) is 19.7 Å². The summed E-state index contributed by atoms with van der Waals surface area (Å²) < 4.78 is 39.5. The van der Waals surface area contributed by atoms with Crippen molar-refractivity contribution in [2.24, 2.45) is 0 Å². The van der Waals surface area contributed by atoms with Crippen LogP contribution in [0.5, 0.6) is 0 Å². The van der Waals surface area contributed by atoms with Crippen LogP contribution in [-0.2, 0) is 6.18 Å². The van der Waals surface area contributed by atoms with E-state index in [4.69, 9.17) is 0 Å². The number of halogens is 3. The number of hydrogen-bond donors (Lipinski definition) is 0. The molecule has 0 spiro atoms. The third-order valence-electron chi connectivity index (χ3n) is 3.78. The highest BCUT2D eigenvalue weighted by atomic mass is 19.4. The van der Waals surface area contributed by atoms with Crippen LogP contribution < -0.4 is 0 Å². The summed E-state index contributed by atoms with van der Waals surface area (Å²) in [4.78, 5) is 18.1. The third-order valence-corrected chi connectivity index (χ3v) is 3.78. The Kier molecular flexibility index (Phi) is 5.49. The summed E-state index contributed by atoms with van der Waals surface area (Å²) in [5.74, 6) is 0.0261. The maximum Gasteiger partial charge on any atom is 0.417 e. The molecule has 0 fully saturated rings. The molecule has 5 nitrogen and oxygen atoms in total. The van der Waals surface area contributed by atoms with Crippen molar-refractivity contribution in [3.8, 4) is 5.82 Å². The van der Waals surface area contributed by atoms with Crippen molar-refractivity contribution in [3.05, 3.63) is 41.3 Å². The number of rotatable bonds is 5. The lowest BCUT2D eigenvalue weighted by molar-refractivity contribution is -0.137. The van der Waals surface area contributed by atoms with E-state index in [0.717, 1.165) is 18.7 Å². The van der Waals surface area contributed by atoms with Gasteiger partial charge in [0.15, 0.2) is 5.82 Å². The molecule has 0 aliphatic carbocycles. The average molecular weight is 354 g/mol. The topological polar surface area (TPSA) is 51.0 Å². The van der Waals surface area contributed by atoms with Crippen LogP contribution in [0.15, 0.2) is 24.5 Å². The van der Waals surface area contributed by atoms with Crippen molar-refractivity contribution in [1.29, 1.82) is 0 Å². The van der Waals surface area contributed by atoms with E-state index < -0.39 is 11.7 Å². The number of alkyl halides is 3. The minimum absolute atomic E-state index is 0.0550. The molecule has 0 bridgehead atoms. The average Bonchev–Trinajstić information content (AvgIpc) is 2.98. The van der Waals surface area contributed by atoms with Gasteiger partial charge in [0.05, 0.1) is 23.0 Å². The smallest absolute Gasteiger partial charge is 0.342 e. The predicted molar refractivity (Wildman–Crippen MR) is 87.7 cm³/mol. The molecule has 0 aliphatic rings. The lowest BCUT2D eigenvalue weighted by atomic mass is 10.0. The molecule has 0 saturated heterocycles. The quantitative estimate of drug-likeness (QED) is 0.818. The minimum Gasteiger partial charge on any atom is -0.342 e. The Balaban J connectivity index is 2.44. The number of hydrogen-bond acceptors (Lipinski definition) is 3. The first-order valence-corrected chi connectivity index (χ1v) is 8.03. The van der Waals surface area contributed by atoms with Crippen LogP contribution in [0.1, 0.15) is 54.7 Å². The summed E-state index contributed by atoms with van der Waals surface area (Å²) in [6, 6.07) is 2.21. The van der Waals surface area contributed by atoms with E-state index in [2.05, 4.69) is 10.1 Å². The minimum atomic E-state index is -4.44. The molecule has 0 atom stereocenters. The fraction of sp³-hybridized carbons (Fsp3) is 0.471. The van der Waals surface area contributed by atoms with Crippen molar-refractivity contribution < 1.29 is 18.0 Å². The molecule has 0 radical (unpaired) electrons. The second-order valence-electron chi connectivity index (χ2n) is 6.14. The van der Waals surface area contributed by atoms with Gasteiger partial charge >= 0.3 is 6.18 Å². The van der Waals surface area contributed by atoms with E-state index in [1.165, 1.54) is 16.9 Å². The molecule has 0 N–H and O–H groups in total. The van der Waals surface area contributed by atoms with Gasteiger partial charge in [-0.3, -0.25) is 4.79 Å². The molecule has 8 heteroatoms. The second kappa shape index (κ2) is 7.25. The van der Waals surface area contributed by atoms with Gasteiger partial charge in [-0.1, -0.05) is 20.8 Å². The summed E-state index contributed by atoms with van der Waals surface area (Å²) in [6.45, 7) is 6.38. The summed E-state index contributed by atoms with van der Waals surface area (Å²) in [5.41, 5.74) is 0.237. The Hall–Kier alpha value is -2.38. The van der Waals surface area contributed by atoms with E-state index in [-0.39, 0.29) is 17.6 Å². The number of nitrogens with zero attached hydrogens (tertiary/aromatic N) is 4. The van der Waals surface area contributed by atoms with Crippen molar-refractivity contribution in [3.63, 3.8) is 0 Å². The molecule has 0 aromatic carbocycles. The fourth-order valence-electron chi connectivity index (χ4n) is 2.58. The van der Waals surface area contributed by atoms with Crippen LogP contribution >= 0.6 is 0 Å². The number of carbonyl (C=O) groups excluding carboxylic acids is 1. The van der Waals surface area contributed by atoms with Crippen LogP contribution in [0.4, 0.5) is 13.2 Å². The Labute approximate surface area is 144 Å². The molecular weight excluding hydrogens is 333 g/mol. The molecule has 1 amide bonds. The maximum absolute atomic E-state index is 12.7. The largest absolute Gasteiger partial charge is 0.417 e. The highest BCUT2D eigenvalue weighted by Gasteiger charge is 2.31. The molecule has 2 aromatic heterocycles. The lowest BCUT2D eigenvalue weighted by Crippen LogP contribution is -2.28. The molecule has 2 heterocycles. The van der Waals surface area contributed by atoms with Gasteiger partial charge in [0.2, 0.25) is 0 Å². The van der Waals surface area contributed by atoms with Gasteiger partial charge in [-0.25, -0.2) is 9.67 Å². The van der Waals surface area contributed by atoms with Gasteiger partial charge < -0.3 is 4.90 Å². The fourth-order valence-corrected chi connectivity index (χ4v) is 2.58. The third kappa shape index (κ3) is 4.00. The molecule has 2 aromatic rings. The van der Waals surface area contributed by atoms with E-state index in [0.29, 0.717) is 17.8 Å². The number of amides is 1. The first kappa shape index (κ1) is 19.0. The number of aromatic nitrogens is 3. The zero-order valence-corrected chi connectivity index (χ0v) is 14.6. The Morgan fingerprint density at radius 3 is 2.44 bits per heavy atom. The zero-order valence-electron chi connectivity index (χ0n) is 14.6. The lowest BCUT2D eigenvalue weighted by Gasteiger charge is -2.18. The number of pyridine rings is 1. The predicted octanol–water partition coefficient (Wildman–Crippen LogP) is 3.89. The van der Waals surface area contributed by atoms with Gasteiger partial charge in [-0.15, -0.1) is 0 Å². The normalized spacial score (nSPS) is 11.8. The molecule has 0 unspecified atom stereocenters. The van der Waals surface area contributed by atoms with Crippen LogP contribution in [0.3, 0.4) is 0 Å². The van der Waals surface area contributed by atoms with Gasteiger partial charge in [0.1, 0.15) is 0 Å². The van der Waals surface area contributed by atoms with E-state index in [1.54, 1.807) is 11.9 Å². The zero-order chi connectivity index (χ0) is 18.8. The Morgan fingerprint density at radius 2 is 1.96 bits per heavy atom. The summed E-state index contributed by atoms with van der Waals surface area (Å²) in [6.07, 6.45) is -1.40. The Morgan fingerprint density at radius 1 is 1.28 bits per heavy atom. The molecule has 0 aliphatic heterocycles. The van der Waals surface area contributed by atoms with Crippen LogP contribution in [0, 0.1) is 0 Å². The first-order valence-electron chi connectivity index (χ1n) is 8.03. The SMILES string of the molecule is CCCN(C)C(=O)c1cnn(-c2ccc(C(F)(F)F)cn2)c1C(C)C. The van der Waals surface area contributed by atoms with Gasteiger partial charge in [-0.2, -0.15) is 18.3 Å². The van der Waals surface area contributed by atoms with Crippen molar-refractivity contribution in [2.45, 2.75) is 39.3 Å². The molecular formula is C17H21F3N4O. The molecule has 2 rings (SSSR count). The summed E-state index contributed by atoms with van der Waals surface area (Å²) >= 11 is 0. The number of carbonyl (C=O) groups is 1. The van der Waals surface area contributed by atoms with Gasteiger partial charge in [0.25, 0.3) is 5.91 Å². The van der Waals surface area contributed by atoms with Gasteiger partial charge in [-0.05, 0) is 24.5 Å². The summed E-state index contributed by atoms with van der Waals surface area (Å²) in [5, 5.41) is 4.19. The standard InChI is InChI=1S/C17H21F3N4O/c1-5-8-23(4)16(25)13-10-22-24(15(13)11(2)3)14-7-6-12(9-21-14)17(18,19)20/h6-7,9-11H,5,8H2,1-4H3. The molecule has 25 heavy (non-hydrogen) atoms. The van der Waals surface area contributed by atoms with E-state index >= 15 is 0 Å². The second-order valence-corrected chi connectivity index (χ2v) is 6.14. The van der Waals surface area contributed by atoms with E-state index in [1.807, 2.05) is 20.8 Å².